The lowest BCUT2D eigenvalue weighted by molar-refractivity contribution is -0.402. The number of carbonyl (C=O) groups is 1. The average molecular weight is 423 g/mol. The van der Waals surface area contributed by atoms with Gasteiger partial charge in [-0.05, 0) is 37.8 Å². The number of aromatic nitrogens is 1. The molecule has 0 unspecified atom stereocenters. The van der Waals surface area contributed by atoms with Crippen LogP contribution in [0.15, 0.2) is 46.9 Å². The van der Waals surface area contributed by atoms with E-state index in [1.165, 1.54) is 12.1 Å². The van der Waals surface area contributed by atoms with Crippen molar-refractivity contribution in [2.24, 2.45) is 0 Å². The minimum absolute atomic E-state index is 0.0107. The molecule has 162 valence electrons. The van der Waals surface area contributed by atoms with Gasteiger partial charge in [-0.1, -0.05) is 18.2 Å². The predicted molar refractivity (Wildman–Crippen MR) is 119 cm³/mol. The molecule has 0 atom stereocenters. The molecule has 1 aliphatic carbocycles. The van der Waals surface area contributed by atoms with Gasteiger partial charge in [0, 0.05) is 43.3 Å². The Labute approximate surface area is 179 Å². The fourth-order valence-corrected chi connectivity index (χ4v) is 4.00. The first kappa shape index (κ1) is 20.6. The van der Waals surface area contributed by atoms with Crippen LogP contribution < -0.4 is 15.5 Å². The van der Waals surface area contributed by atoms with Crippen LogP contribution in [0.3, 0.4) is 0 Å². The number of benzene rings is 1. The summed E-state index contributed by atoms with van der Waals surface area (Å²) >= 11 is 0. The van der Waals surface area contributed by atoms with Crippen molar-refractivity contribution in [2.75, 3.05) is 24.3 Å². The molecule has 0 radical (unpaired) electrons. The number of amides is 1. The smallest absolute Gasteiger partial charge is 0.395 e. The molecule has 9 heteroatoms. The number of furan rings is 1. The Hall–Kier alpha value is -3.62. The van der Waals surface area contributed by atoms with E-state index in [1.807, 2.05) is 32.3 Å². The van der Waals surface area contributed by atoms with E-state index in [1.54, 1.807) is 0 Å². The third kappa shape index (κ3) is 4.60. The molecule has 0 saturated heterocycles. The van der Waals surface area contributed by atoms with Crippen LogP contribution in [0.4, 0.5) is 17.4 Å². The Morgan fingerprint density at radius 3 is 2.52 bits per heavy atom. The van der Waals surface area contributed by atoms with Crippen LogP contribution >= 0.6 is 0 Å². The number of nitrogens with one attached hydrogen (secondary N) is 2. The van der Waals surface area contributed by atoms with Gasteiger partial charge >= 0.3 is 5.88 Å². The standard InChI is InChI=1S/C22H25N5O4/c1-26(2)18-13-20(25-17-6-4-3-5-16(17)18)23-14-7-9-15(10-8-14)24-22(28)19-11-12-21(31-19)27(29)30/h3-6,11-15H,7-10H2,1-2H3,(H,23,25)(H,24,28)/t14-,15+. The van der Waals surface area contributed by atoms with Crippen molar-refractivity contribution in [3.8, 4) is 0 Å². The van der Waals surface area contributed by atoms with Crippen LogP contribution in [0.5, 0.6) is 0 Å². The topological polar surface area (TPSA) is 114 Å². The van der Waals surface area contributed by atoms with Crippen LogP contribution in [0.25, 0.3) is 10.9 Å². The van der Waals surface area contributed by atoms with Gasteiger partial charge in [0.25, 0.3) is 5.91 Å². The Morgan fingerprint density at radius 2 is 1.84 bits per heavy atom. The molecule has 0 aliphatic heterocycles. The maximum Gasteiger partial charge on any atom is 0.433 e. The van der Waals surface area contributed by atoms with E-state index in [2.05, 4.69) is 27.7 Å². The second-order valence-corrected chi connectivity index (χ2v) is 8.00. The average Bonchev–Trinajstić information content (AvgIpc) is 3.25. The molecule has 4 rings (SSSR count). The monoisotopic (exact) mass is 423 g/mol. The summed E-state index contributed by atoms with van der Waals surface area (Å²) in [7, 11) is 4.04. The van der Waals surface area contributed by atoms with Gasteiger partial charge in [0.1, 0.15) is 10.7 Å². The van der Waals surface area contributed by atoms with E-state index in [0.29, 0.717) is 0 Å². The second kappa shape index (κ2) is 8.63. The normalized spacial score (nSPS) is 18.5. The van der Waals surface area contributed by atoms with Gasteiger partial charge in [-0.15, -0.1) is 0 Å². The summed E-state index contributed by atoms with van der Waals surface area (Å²) in [6, 6.07) is 12.9. The molecule has 31 heavy (non-hydrogen) atoms. The molecule has 0 spiro atoms. The number of para-hydroxylation sites is 1. The number of pyridine rings is 1. The van der Waals surface area contributed by atoms with Crippen LogP contribution in [0, 0.1) is 10.1 Å². The Balaban J connectivity index is 1.36. The number of nitro groups is 1. The van der Waals surface area contributed by atoms with Crippen molar-refractivity contribution in [3.05, 3.63) is 58.3 Å². The Bertz CT molecular complexity index is 1100. The fourth-order valence-electron chi connectivity index (χ4n) is 4.00. The molecule has 2 N–H and O–H groups in total. The zero-order valence-electron chi connectivity index (χ0n) is 17.5. The van der Waals surface area contributed by atoms with Crippen LogP contribution in [0.1, 0.15) is 36.2 Å². The van der Waals surface area contributed by atoms with E-state index in [0.717, 1.165) is 48.1 Å². The lowest BCUT2D eigenvalue weighted by atomic mass is 9.91. The van der Waals surface area contributed by atoms with Crippen molar-refractivity contribution < 1.29 is 14.1 Å². The number of hydrogen-bond donors (Lipinski definition) is 2. The lowest BCUT2D eigenvalue weighted by Gasteiger charge is -2.30. The molecule has 1 saturated carbocycles. The quantitative estimate of drug-likeness (QED) is 0.456. The molecule has 1 aliphatic rings. The molecule has 9 nitrogen and oxygen atoms in total. The Kier molecular flexibility index (Phi) is 5.75. The summed E-state index contributed by atoms with van der Waals surface area (Å²) < 4.78 is 4.98. The molecule has 2 aromatic heterocycles. The van der Waals surface area contributed by atoms with Crippen LogP contribution in [-0.4, -0.2) is 42.0 Å². The first-order valence-electron chi connectivity index (χ1n) is 10.3. The lowest BCUT2D eigenvalue weighted by Crippen LogP contribution is -2.40. The van der Waals surface area contributed by atoms with Gasteiger partial charge in [0.05, 0.1) is 11.6 Å². The SMILES string of the molecule is CN(C)c1cc(N[C@H]2CC[C@@H](NC(=O)c3ccc([N+](=O)[O-])o3)CC2)nc2ccccc12. The Morgan fingerprint density at radius 1 is 1.13 bits per heavy atom. The highest BCUT2D eigenvalue weighted by Gasteiger charge is 2.25. The third-order valence-corrected chi connectivity index (χ3v) is 5.59. The first-order chi connectivity index (χ1) is 14.9. The van der Waals surface area contributed by atoms with Crippen molar-refractivity contribution in [2.45, 2.75) is 37.8 Å². The van der Waals surface area contributed by atoms with Crippen LogP contribution in [-0.2, 0) is 0 Å². The van der Waals surface area contributed by atoms with E-state index < -0.39 is 16.7 Å². The molecule has 1 aromatic carbocycles. The zero-order chi connectivity index (χ0) is 22.0. The van der Waals surface area contributed by atoms with E-state index in [4.69, 9.17) is 9.40 Å². The summed E-state index contributed by atoms with van der Waals surface area (Å²) in [4.78, 5) is 29.2. The minimum Gasteiger partial charge on any atom is -0.395 e. The van der Waals surface area contributed by atoms with Gasteiger partial charge in [0.2, 0.25) is 0 Å². The largest absolute Gasteiger partial charge is 0.433 e. The highest BCUT2D eigenvalue weighted by atomic mass is 16.6. The van der Waals surface area contributed by atoms with Crippen molar-refractivity contribution in [3.63, 3.8) is 0 Å². The number of carbonyl (C=O) groups excluding carboxylic acids is 1. The summed E-state index contributed by atoms with van der Waals surface area (Å²) in [6.45, 7) is 0. The molecule has 1 fully saturated rings. The zero-order valence-corrected chi connectivity index (χ0v) is 17.5. The molecule has 0 bridgehead atoms. The maximum absolute atomic E-state index is 12.3. The predicted octanol–water partition coefficient (Wildman–Crippen LogP) is 3.96. The molecular formula is C22H25N5O4. The molecule has 2 heterocycles. The van der Waals surface area contributed by atoms with Crippen LogP contribution in [0.2, 0.25) is 0 Å². The maximum atomic E-state index is 12.3. The number of nitrogens with zero attached hydrogens (tertiary/aromatic N) is 3. The minimum atomic E-state index is -0.657. The van der Waals surface area contributed by atoms with Gasteiger partial charge < -0.3 is 20.0 Å². The van der Waals surface area contributed by atoms with Gasteiger partial charge in [0.15, 0.2) is 5.76 Å². The fraction of sp³-hybridized carbons (Fsp3) is 0.364. The molecular weight excluding hydrogens is 398 g/mol. The molecule has 1 amide bonds. The highest BCUT2D eigenvalue weighted by molar-refractivity contribution is 5.93. The molecule has 3 aromatic rings. The van der Waals surface area contributed by atoms with Crippen molar-refractivity contribution in [1.82, 2.24) is 10.3 Å². The number of hydrogen-bond acceptors (Lipinski definition) is 7. The summed E-state index contributed by atoms with van der Waals surface area (Å²) in [5.74, 6) is -0.0457. The number of fused-ring (bicyclic) bond motifs is 1. The summed E-state index contributed by atoms with van der Waals surface area (Å²) in [6.07, 6.45) is 3.38. The van der Waals surface area contributed by atoms with Crippen molar-refractivity contribution >= 4 is 34.2 Å². The highest BCUT2D eigenvalue weighted by Crippen LogP contribution is 2.29. The van der Waals surface area contributed by atoms with E-state index in [-0.39, 0.29) is 17.8 Å². The van der Waals surface area contributed by atoms with Gasteiger partial charge in [-0.25, -0.2) is 4.98 Å². The van der Waals surface area contributed by atoms with E-state index >= 15 is 0 Å². The third-order valence-electron chi connectivity index (χ3n) is 5.59. The summed E-state index contributed by atoms with van der Waals surface area (Å²) in [5.41, 5.74) is 2.06. The van der Waals surface area contributed by atoms with Gasteiger partial charge in [-0.3, -0.25) is 14.9 Å². The summed E-state index contributed by atoms with van der Waals surface area (Å²) in [5, 5.41) is 18.3. The number of rotatable bonds is 6. The number of anilines is 2. The second-order valence-electron chi connectivity index (χ2n) is 8.00. The van der Waals surface area contributed by atoms with Gasteiger partial charge in [-0.2, -0.15) is 0 Å². The first-order valence-corrected chi connectivity index (χ1v) is 10.3. The van der Waals surface area contributed by atoms with Crippen molar-refractivity contribution in [1.29, 1.82) is 0 Å². The van der Waals surface area contributed by atoms with E-state index in [9.17, 15) is 14.9 Å².